The molecule has 0 amide bonds. The molecule has 1 aliphatic carbocycles. The van der Waals surface area contributed by atoms with E-state index in [1.54, 1.807) is 0 Å². The number of aliphatic imine (C=N–C) groups is 1. The van der Waals surface area contributed by atoms with Crippen LogP contribution in [0.3, 0.4) is 0 Å². The van der Waals surface area contributed by atoms with E-state index in [1.165, 1.54) is 12.3 Å². The third-order valence-electron chi connectivity index (χ3n) is 3.12. The van der Waals surface area contributed by atoms with Crippen molar-refractivity contribution in [1.82, 2.24) is 9.80 Å². The first-order valence-corrected chi connectivity index (χ1v) is 5.86. The molecular formula is C13H25N3. The van der Waals surface area contributed by atoms with Crippen molar-refractivity contribution in [3.05, 3.63) is 12.2 Å². The number of likely N-dealkylation sites (N-methyl/N-ethyl adjacent to an activating group) is 2. The largest absolute Gasteiger partial charge is 0.356 e. The fraction of sp³-hybridized carbons (Fsp3) is 0.769. The molecule has 0 N–H and O–H groups in total. The van der Waals surface area contributed by atoms with E-state index < -0.39 is 0 Å². The standard InChI is InChI=1S/C12H21N3.CH4/c1-4-15(8-7-14(2)3)12-6-5-10-9-11(10)13-12;/h5-6,10-11H,4,7-9H2,1-3H3;1H4. The molecule has 0 aromatic heterocycles. The lowest BCUT2D eigenvalue weighted by atomic mass is 10.2. The molecule has 0 bridgehead atoms. The van der Waals surface area contributed by atoms with Crippen LogP contribution in [0.2, 0.25) is 0 Å². The predicted octanol–water partition coefficient (Wildman–Crippen LogP) is 1.86. The molecule has 16 heavy (non-hydrogen) atoms. The Morgan fingerprint density at radius 1 is 1.38 bits per heavy atom. The maximum absolute atomic E-state index is 4.74. The molecule has 2 rings (SSSR count). The first-order chi connectivity index (χ1) is 7.20. The molecule has 0 aromatic rings. The van der Waals surface area contributed by atoms with E-state index in [-0.39, 0.29) is 7.43 Å². The van der Waals surface area contributed by atoms with Gasteiger partial charge in [0.25, 0.3) is 0 Å². The van der Waals surface area contributed by atoms with Crippen LogP contribution in [0, 0.1) is 5.92 Å². The number of nitrogens with zero attached hydrogens (tertiary/aromatic N) is 3. The van der Waals surface area contributed by atoms with Gasteiger partial charge in [0.2, 0.25) is 0 Å². The van der Waals surface area contributed by atoms with Crippen molar-refractivity contribution in [2.45, 2.75) is 26.8 Å². The van der Waals surface area contributed by atoms with Crippen LogP contribution in [-0.2, 0) is 0 Å². The van der Waals surface area contributed by atoms with Crippen LogP contribution in [0.4, 0.5) is 0 Å². The summed E-state index contributed by atoms with van der Waals surface area (Å²) in [6.07, 6.45) is 5.80. The Morgan fingerprint density at radius 2 is 2.12 bits per heavy atom. The van der Waals surface area contributed by atoms with Crippen molar-refractivity contribution in [2.24, 2.45) is 10.9 Å². The average Bonchev–Trinajstić information content (AvgIpc) is 2.96. The lowest BCUT2D eigenvalue weighted by Crippen LogP contribution is -2.36. The van der Waals surface area contributed by atoms with Crippen LogP contribution in [0.15, 0.2) is 17.1 Å². The Balaban J connectivity index is 0.00000128. The summed E-state index contributed by atoms with van der Waals surface area (Å²) in [5.41, 5.74) is 0. The molecule has 0 spiro atoms. The van der Waals surface area contributed by atoms with Gasteiger partial charge < -0.3 is 9.80 Å². The van der Waals surface area contributed by atoms with Gasteiger partial charge in [0, 0.05) is 25.6 Å². The van der Waals surface area contributed by atoms with Gasteiger partial charge in [0.1, 0.15) is 5.84 Å². The van der Waals surface area contributed by atoms with E-state index in [4.69, 9.17) is 4.99 Å². The first-order valence-electron chi connectivity index (χ1n) is 5.86. The van der Waals surface area contributed by atoms with Gasteiger partial charge in [-0.25, -0.2) is 0 Å². The van der Waals surface area contributed by atoms with Crippen LogP contribution >= 0.6 is 0 Å². The second-order valence-electron chi connectivity index (χ2n) is 4.70. The molecule has 1 aliphatic heterocycles. The average molecular weight is 223 g/mol. The van der Waals surface area contributed by atoms with Crippen LogP contribution in [0.25, 0.3) is 0 Å². The van der Waals surface area contributed by atoms with Gasteiger partial charge in [-0.15, -0.1) is 0 Å². The normalized spacial score (nSPS) is 25.9. The number of dihydropyridines is 1. The topological polar surface area (TPSA) is 18.8 Å². The van der Waals surface area contributed by atoms with Crippen molar-refractivity contribution >= 4 is 5.84 Å². The molecule has 0 aromatic carbocycles. The smallest absolute Gasteiger partial charge is 0.123 e. The molecule has 0 radical (unpaired) electrons. The molecule has 2 atom stereocenters. The molecule has 92 valence electrons. The van der Waals surface area contributed by atoms with E-state index in [2.05, 4.69) is 43.0 Å². The SMILES string of the molecule is C.CCN(CCN(C)C)C1=NC2CC2C=C1. The third kappa shape index (κ3) is 3.08. The Labute approximate surface area is 99.8 Å². The summed E-state index contributed by atoms with van der Waals surface area (Å²) >= 11 is 0. The molecule has 2 unspecified atom stereocenters. The zero-order valence-corrected chi connectivity index (χ0v) is 9.98. The fourth-order valence-corrected chi connectivity index (χ4v) is 1.92. The quantitative estimate of drug-likeness (QED) is 0.724. The van der Waals surface area contributed by atoms with E-state index in [0.29, 0.717) is 6.04 Å². The lowest BCUT2D eigenvalue weighted by Gasteiger charge is -2.25. The van der Waals surface area contributed by atoms with Crippen molar-refractivity contribution in [2.75, 3.05) is 33.7 Å². The minimum absolute atomic E-state index is 0. The van der Waals surface area contributed by atoms with Gasteiger partial charge >= 0.3 is 0 Å². The van der Waals surface area contributed by atoms with Crippen molar-refractivity contribution in [3.63, 3.8) is 0 Å². The summed E-state index contributed by atoms with van der Waals surface area (Å²) in [6.45, 7) is 5.41. The van der Waals surface area contributed by atoms with E-state index in [9.17, 15) is 0 Å². The van der Waals surface area contributed by atoms with Gasteiger partial charge in [0.05, 0.1) is 6.04 Å². The van der Waals surface area contributed by atoms with Crippen molar-refractivity contribution in [1.29, 1.82) is 0 Å². The summed E-state index contributed by atoms with van der Waals surface area (Å²) in [7, 11) is 4.23. The van der Waals surface area contributed by atoms with Gasteiger partial charge in [-0.3, -0.25) is 4.99 Å². The van der Waals surface area contributed by atoms with Crippen LogP contribution in [0.1, 0.15) is 20.8 Å². The minimum Gasteiger partial charge on any atom is -0.356 e. The van der Waals surface area contributed by atoms with E-state index >= 15 is 0 Å². The number of amidine groups is 1. The Hall–Kier alpha value is -0.830. The highest BCUT2D eigenvalue weighted by Crippen LogP contribution is 2.37. The maximum atomic E-state index is 4.74. The molecule has 1 fully saturated rings. The summed E-state index contributed by atoms with van der Waals surface area (Å²) in [5.74, 6) is 1.96. The highest BCUT2D eigenvalue weighted by Gasteiger charge is 2.37. The van der Waals surface area contributed by atoms with Gasteiger partial charge in [-0.05, 0) is 33.5 Å². The summed E-state index contributed by atoms with van der Waals surface area (Å²) in [6, 6.07) is 0.610. The van der Waals surface area contributed by atoms with Crippen LogP contribution < -0.4 is 0 Å². The highest BCUT2D eigenvalue weighted by atomic mass is 15.2. The van der Waals surface area contributed by atoms with Crippen LogP contribution in [0.5, 0.6) is 0 Å². The monoisotopic (exact) mass is 223 g/mol. The molecule has 0 saturated heterocycles. The minimum atomic E-state index is 0. The zero-order valence-electron chi connectivity index (χ0n) is 9.98. The second-order valence-corrected chi connectivity index (χ2v) is 4.70. The Morgan fingerprint density at radius 3 is 2.69 bits per heavy atom. The second kappa shape index (κ2) is 5.48. The fourth-order valence-electron chi connectivity index (χ4n) is 1.92. The summed E-state index contributed by atoms with van der Waals surface area (Å²) in [5, 5.41) is 0. The third-order valence-corrected chi connectivity index (χ3v) is 3.12. The molecular weight excluding hydrogens is 198 g/mol. The zero-order chi connectivity index (χ0) is 10.8. The number of hydrogen-bond donors (Lipinski definition) is 0. The Bertz CT molecular complexity index is 281. The van der Waals surface area contributed by atoms with E-state index in [1.807, 2.05) is 0 Å². The summed E-state index contributed by atoms with van der Waals surface area (Å²) in [4.78, 5) is 9.33. The van der Waals surface area contributed by atoms with Crippen LogP contribution in [-0.4, -0.2) is 55.4 Å². The van der Waals surface area contributed by atoms with Gasteiger partial charge in [0.15, 0.2) is 0 Å². The Kier molecular flexibility index (Phi) is 4.54. The van der Waals surface area contributed by atoms with Crippen molar-refractivity contribution < 1.29 is 0 Å². The molecule has 1 heterocycles. The maximum Gasteiger partial charge on any atom is 0.123 e. The summed E-state index contributed by atoms with van der Waals surface area (Å²) < 4.78 is 0. The number of hydrogen-bond acceptors (Lipinski definition) is 3. The predicted molar refractivity (Wildman–Crippen MR) is 71.0 cm³/mol. The number of fused-ring (bicyclic) bond motifs is 1. The van der Waals surface area contributed by atoms with Gasteiger partial charge in [-0.2, -0.15) is 0 Å². The lowest BCUT2D eigenvalue weighted by molar-refractivity contribution is 0.337. The van der Waals surface area contributed by atoms with Gasteiger partial charge in [-0.1, -0.05) is 13.5 Å². The van der Waals surface area contributed by atoms with Crippen molar-refractivity contribution in [3.8, 4) is 0 Å². The number of rotatable bonds is 4. The highest BCUT2D eigenvalue weighted by molar-refractivity contribution is 5.94. The molecule has 2 aliphatic rings. The molecule has 1 saturated carbocycles. The molecule has 3 heteroatoms. The first kappa shape index (κ1) is 13.2. The molecule has 3 nitrogen and oxygen atoms in total. The van der Waals surface area contributed by atoms with E-state index in [0.717, 1.165) is 25.6 Å².